The second-order valence-electron chi connectivity index (χ2n) is 3.55. The molecule has 0 saturated heterocycles. The number of rotatable bonds is 2. The minimum Gasteiger partial charge on any atom is -0.497 e. The topological polar surface area (TPSA) is 44.4 Å². The summed E-state index contributed by atoms with van der Waals surface area (Å²) < 4.78 is 11.7. The number of aromatic nitrogens is 1. The Hall–Kier alpha value is -1.97. The molecule has 0 radical (unpaired) electrons. The monoisotopic (exact) mass is 219 g/mol. The second-order valence-corrected chi connectivity index (χ2v) is 3.55. The van der Waals surface area contributed by atoms with Gasteiger partial charge in [-0.2, -0.15) is 0 Å². The van der Waals surface area contributed by atoms with Crippen LogP contribution in [-0.2, 0) is 0 Å². The lowest BCUT2D eigenvalue weighted by Crippen LogP contribution is -2.13. The van der Waals surface area contributed by atoms with E-state index in [0.29, 0.717) is 11.5 Å². The van der Waals surface area contributed by atoms with Crippen molar-refractivity contribution in [2.24, 2.45) is 0 Å². The van der Waals surface area contributed by atoms with Crippen molar-refractivity contribution in [1.82, 2.24) is 4.57 Å². The third-order valence-corrected chi connectivity index (χ3v) is 2.58. The van der Waals surface area contributed by atoms with E-state index in [2.05, 4.69) is 0 Å². The molecular formula is C12H13NO3. The molecule has 0 spiro atoms. The van der Waals surface area contributed by atoms with Crippen LogP contribution in [0.3, 0.4) is 0 Å². The maximum absolute atomic E-state index is 11.6. The van der Waals surface area contributed by atoms with E-state index >= 15 is 0 Å². The molecule has 84 valence electrons. The lowest BCUT2D eigenvalue weighted by Gasteiger charge is -2.05. The van der Waals surface area contributed by atoms with Crippen molar-refractivity contribution in [2.45, 2.75) is 13.8 Å². The third-order valence-electron chi connectivity index (χ3n) is 2.58. The summed E-state index contributed by atoms with van der Waals surface area (Å²) in [6.07, 6.45) is 0. The fraction of sp³-hybridized carbons (Fsp3) is 0.250. The molecule has 16 heavy (non-hydrogen) atoms. The molecule has 1 heterocycles. The number of benzene rings is 1. The third kappa shape index (κ3) is 1.62. The van der Waals surface area contributed by atoms with E-state index < -0.39 is 0 Å². The number of hydrogen-bond acceptors (Lipinski definition) is 3. The Bertz CT molecular complexity index is 566. The molecule has 1 aromatic heterocycles. The van der Waals surface area contributed by atoms with Crippen LogP contribution < -0.4 is 10.5 Å². The molecule has 0 aliphatic rings. The van der Waals surface area contributed by atoms with Crippen molar-refractivity contribution in [2.75, 3.05) is 7.11 Å². The number of hydrogen-bond donors (Lipinski definition) is 0. The number of nitrogens with zero attached hydrogens (tertiary/aromatic N) is 1. The predicted octanol–water partition coefficient (Wildman–Crippen LogP) is 2.06. The van der Waals surface area contributed by atoms with E-state index in [-0.39, 0.29) is 5.76 Å². The molecule has 0 aliphatic carbocycles. The first-order valence-corrected chi connectivity index (χ1v) is 4.97. The lowest BCUT2D eigenvalue weighted by atomic mass is 10.3. The average molecular weight is 219 g/mol. The molecule has 0 aliphatic heterocycles. The SMILES string of the molecule is COc1cccc(-n2c(C)c(C)oc2=O)c1. The van der Waals surface area contributed by atoms with Crippen LogP contribution in [0.2, 0.25) is 0 Å². The van der Waals surface area contributed by atoms with Gasteiger partial charge in [0.15, 0.2) is 0 Å². The lowest BCUT2D eigenvalue weighted by molar-refractivity contribution is 0.414. The first-order chi connectivity index (χ1) is 7.63. The molecule has 4 nitrogen and oxygen atoms in total. The molecule has 1 aromatic carbocycles. The molecule has 0 N–H and O–H groups in total. The number of oxazole rings is 1. The first-order valence-electron chi connectivity index (χ1n) is 4.97. The largest absolute Gasteiger partial charge is 0.497 e. The van der Waals surface area contributed by atoms with Crippen molar-refractivity contribution < 1.29 is 9.15 Å². The van der Waals surface area contributed by atoms with E-state index in [1.54, 1.807) is 20.1 Å². The van der Waals surface area contributed by atoms with Gasteiger partial charge in [-0.05, 0) is 26.0 Å². The standard InChI is InChI=1S/C12H13NO3/c1-8-9(2)16-12(14)13(8)10-5-4-6-11(7-10)15-3/h4-7H,1-3H3. The van der Waals surface area contributed by atoms with Gasteiger partial charge in [-0.3, -0.25) is 0 Å². The summed E-state index contributed by atoms with van der Waals surface area (Å²) in [6, 6.07) is 7.30. The van der Waals surface area contributed by atoms with Crippen LogP contribution in [0.4, 0.5) is 0 Å². The normalized spacial score (nSPS) is 10.4. The number of methoxy groups -OCH3 is 1. The van der Waals surface area contributed by atoms with Crippen LogP contribution in [0.5, 0.6) is 5.75 Å². The molecule has 4 heteroatoms. The van der Waals surface area contributed by atoms with Gasteiger partial charge in [-0.25, -0.2) is 9.36 Å². The first kappa shape index (κ1) is 10.5. The highest BCUT2D eigenvalue weighted by Gasteiger charge is 2.11. The zero-order valence-corrected chi connectivity index (χ0v) is 9.48. The smallest absolute Gasteiger partial charge is 0.423 e. The van der Waals surface area contributed by atoms with Crippen LogP contribution in [-0.4, -0.2) is 11.7 Å². The molecule has 0 unspecified atom stereocenters. The summed E-state index contributed by atoms with van der Waals surface area (Å²) in [5.74, 6) is 0.971. The van der Waals surface area contributed by atoms with Gasteiger partial charge in [0.25, 0.3) is 0 Å². The maximum Gasteiger partial charge on any atom is 0.423 e. The van der Waals surface area contributed by atoms with Crippen molar-refractivity contribution in [3.8, 4) is 11.4 Å². The highest BCUT2D eigenvalue weighted by Crippen LogP contribution is 2.17. The van der Waals surface area contributed by atoms with Gasteiger partial charge in [0.2, 0.25) is 0 Å². The van der Waals surface area contributed by atoms with Gasteiger partial charge < -0.3 is 9.15 Å². The zero-order chi connectivity index (χ0) is 11.7. The van der Waals surface area contributed by atoms with E-state index in [4.69, 9.17) is 9.15 Å². The summed E-state index contributed by atoms with van der Waals surface area (Å²) in [7, 11) is 1.59. The molecule has 0 bridgehead atoms. The molecule has 0 fully saturated rings. The summed E-state index contributed by atoms with van der Waals surface area (Å²) in [5, 5.41) is 0. The van der Waals surface area contributed by atoms with E-state index in [9.17, 15) is 4.79 Å². The molecule has 0 amide bonds. The number of ether oxygens (including phenoxy) is 1. The van der Waals surface area contributed by atoms with Gasteiger partial charge in [0, 0.05) is 6.07 Å². The Labute approximate surface area is 93.1 Å². The van der Waals surface area contributed by atoms with Crippen molar-refractivity contribution in [3.63, 3.8) is 0 Å². The maximum atomic E-state index is 11.6. The van der Waals surface area contributed by atoms with Crippen LogP contribution in [0.15, 0.2) is 33.5 Å². The Balaban J connectivity index is 2.62. The van der Waals surface area contributed by atoms with Gasteiger partial charge in [-0.1, -0.05) is 6.07 Å². The Morgan fingerprint density at radius 3 is 2.62 bits per heavy atom. The van der Waals surface area contributed by atoms with E-state index in [1.807, 2.05) is 25.1 Å². The summed E-state index contributed by atoms with van der Waals surface area (Å²) in [5.41, 5.74) is 1.55. The van der Waals surface area contributed by atoms with Gasteiger partial charge >= 0.3 is 5.76 Å². The second kappa shape index (κ2) is 3.89. The van der Waals surface area contributed by atoms with Crippen LogP contribution in [0.1, 0.15) is 11.5 Å². The average Bonchev–Trinajstić information content (AvgIpc) is 2.53. The van der Waals surface area contributed by atoms with Crippen molar-refractivity contribution >= 4 is 0 Å². The van der Waals surface area contributed by atoms with Crippen molar-refractivity contribution in [3.05, 3.63) is 46.3 Å². The highest BCUT2D eigenvalue weighted by molar-refractivity contribution is 5.40. The summed E-state index contributed by atoms with van der Waals surface area (Å²) in [6.45, 7) is 3.62. The summed E-state index contributed by atoms with van der Waals surface area (Å²) >= 11 is 0. The quantitative estimate of drug-likeness (QED) is 0.776. The van der Waals surface area contributed by atoms with Gasteiger partial charge in [-0.15, -0.1) is 0 Å². The molecule has 2 rings (SSSR count). The Morgan fingerprint density at radius 2 is 2.06 bits per heavy atom. The van der Waals surface area contributed by atoms with Crippen molar-refractivity contribution in [1.29, 1.82) is 0 Å². The van der Waals surface area contributed by atoms with Crippen LogP contribution in [0, 0.1) is 13.8 Å². The minimum atomic E-state index is -0.372. The van der Waals surface area contributed by atoms with Crippen LogP contribution in [0.25, 0.3) is 5.69 Å². The minimum absolute atomic E-state index is 0.372. The summed E-state index contributed by atoms with van der Waals surface area (Å²) in [4.78, 5) is 11.6. The van der Waals surface area contributed by atoms with Crippen LogP contribution >= 0.6 is 0 Å². The van der Waals surface area contributed by atoms with Gasteiger partial charge in [0.1, 0.15) is 11.5 Å². The zero-order valence-electron chi connectivity index (χ0n) is 9.48. The number of aryl methyl sites for hydroxylation is 1. The molecular weight excluding hydrogens is 206 g/mol. The Morgan fingerprint density at radius 1 is 1.31 bits per heavy atom. The highest BCUT2D eigenvalue weighted by atomic mass is 16.5. The fourth-order valence-corrected chi connectivity index (χ4v) is 1.59. The molecule has 2 aromatic rings. The van der Waals surface area contributed by atoms with E-state index in [1.165, 1.54) is 4.57 Å². The fourth-order valence-electron chi connectivity index (χ4n) is 1.59. The predicted molar refractivity (Wildman–Crippen MR) is 60.3 cm³/mol. The molecule has 0 saturated carbocycles. The van der Waals surface area contributed by atoms with Gasteiger partial charge in [0.05, 0.1) is 18.5 Å². The van der Waals surface area contributed by atoms with E-state index in [0.717, 1.165) is 11.4 Å². The Kier molecular flexibility index (Phi) is 2.56. The molecule has 0 atom stereocenters.